The number of aromatic hydroxyl groups is 1. The Bertz CT molecular complexity index is 1120. The minimum atomic E-state index is -1.01. The monoisotopic (exact) mass is 428 g/mol. The first-order valence-corrected chi connectivity index (χ1v) is 9.13. The van der Waals surface area contributed by atoms with Gasteiger partial charge in [0.25, 0.3) is 5.75 Å². The highest BCUT2D eigenvalue weighted by Crippen LogP contribution is 2.45. The second-order valence-electron chi connectivity index (χ2n) is 6.90. The number of carbonyl (C=O) groups is 1. The van der Waals surface area contributed by atoms with Crippen LogP contribution in [0.5, 0.6) is 5.75 Å². The van der Waals surface area contributed by atoms with Crippen molar-refractivity contribution in [3.63, 3.8) is 0 Å². The lowest BCUT2D eigenvalue weighted by Crippen LogP contribution is -2.31. The van der Waals surface area contributed by atoms with Crippen LogP contribution in [0.3, 0.4) is 0 Å². The molecule has 1 aliphatic heterocycles. The van der Waals surface area contributed by atoms with Gasteiger partial charge in [-0.25, -0.2) is 5.43 Å². The van der Waals surface area contributed by atoms with Gasteiger partial charge in [0.2, 0.25) is 5.91 Å². The van der Waals surface area contributed by atoms with Gasteiger partial charge in [-0.15, -0.1) is 0 Å². The molecule has 2 aromatic rings. The molecule has 0 saturated carbocycles. The third-order valence-corrected chi connectivity index (χ3v) is 5.44. The van der Waals surface area contributed by atoms with E-state index in [1.54, 1.807) is 30.3 Å². The van der Waals surface area contributed by atoms with Crippen molar-refractivity contribution in [2.75, 3.05) is 0 Å². The molecule has 0 saturated heterocycles. The molecule has 1 heterocycles. The third kappa shape index (κ3) is 3.26. The van der Waals surface area contributed by atoms with Crippen LogP contribution >= 0.6 is 11.6 Å². The van der Waals surface area contributed by atoms with E-state index >= 15 is 0 Å². The molecule has 2 aliphatic rings. The molecule has 1 amide bonds. The van der Waals surface area contributed by atoms with Crippen LogP contribution in [0.25, 0.3) is 5.57 Å². The second kappa shape index (κ2) is 7.23. The van der Waals surface area contributed by atoms with E-state index in [1.165, 1.54) is 0 Å². The van der Waals surface area contributed by atoms with Gasteiger partial charge in [0.15, 0.2) is 0 Å². The molecule has 0 spiro atoms. The van der Waals surface area contributed by atoms with Gasteiger partial charge >= 0.3 is 11.4 Å². The SMILES string of the molecule is O=C1NN=C2C=C(c3cc([N+](=O)[O-])c(O)c([N+](=O)[O-])c3)CC(c3ccc(Cl)cc3)C12. The maximum atomic E-state index is 12.3. The molecular formula is C19H13ClN4O6. The topological polar surface area (TPSA) is 148 Å². The number of nitrogens with zero attached hydrogens (tertiary/aromatic N) is 3. The summed E-state index contributed by atoms with van der Waals surface area (Å²) in [4.78, 5) is 33.2. The lowest BCUT2D eigenvalue weighted by atomic mass is 9.73. The zero-order valence-corrected chi connectivity index (χ0v) is 15.9. The number of hydrogen-bond acceptors (Lipinski definition) is 7. The fourth-order valence-electron chi connectivity index (χ4n) is 3.79. The Balaban J connectivity index is 1.84. The first-order valence-electron chi connectivity index (χ1n) is 8.76. The van der Waals surface area contributed by atoms with Crippen molar-refractivity contribution >= 4 is 40.2 Å². The summed E-state index contributed by atoms with van der Waals surface area (Å²) < 4.78 is 0. The fourth-order valence-corrected chi connectivity index (χ4v) is 3.91. The molecular weight excluding hydrogens is 416 g/mol. The molecule has 2 atom stereocenters. The van der Waals surface area contributed by atoms with E-state index < -0.39 is 32.9 Å². The standard InChI is InChI=1S/C19H13ClN4O6/c20-12-3-1-9(2-4-12)13-5-10(6-14-17(13)19(26)22-21-14)11-7-15(23(27)28)18(25)16(8-11)24(29)30/h1-4,6-8,13,17,25H,5H2,(H,22,26). The van der Waals surface area contributed by atoms with E-state index in [0.29, 0.717) is 16.3 Å². The number of nitro groups is 2. The first kappa shape index (κ1) is 19.5. The average molecular weight is 429 g/mol. The lowest BCUT2D eigenvalue weighted by Gasteiger charge is -2.28. The predicted octanol–water partition coefficient (Wildman–Crippen LogP) is 3.53. The van der Waals surface area contributed by atoms with Crippen LogP contribution in [-0.4, -0.2) is 26.6 Å². The number of hydrogen-bond donors (Lipinski definition) is 2. The molecule has 30 heavy (non-hydrogen) atoms. The summed E-state index contributed by atoms with van der Waals surface area (Å²) >= 11 is 5.96. The summed E-state index contributed by atoms with van der Waals surface area (Å²) in [7, 11) is 0. The van der Waals surface area contributed by atoms with E-state index in [9.17, 15) is 30.1 Å². The first-order chi connectivity index (χ1) is 14.3. The molecule has 11 heteroatoms. The fraction of sp³-hybridized carbons (Fsp3) is 0.158. The van der Waals surface area contributed by atoms with E-state index in [2.05, 4.69) is 10.5 Å². The number of fused-ring (bicyclic) bond motifs is 1. The maximum Gasteiger partial charge on any atom is 0.318 e. The molecule has 4 rings (SSSR count). The number of carbonyl (C=O) groups excluding carboxylic acids is 1. The van der Waals surface area contributed by atoms with Crippen LogP contribution in [0.1, 0.15) is 23.5 Å². The van der Waals surface area contributed by atoms with Crippen molar-refractivity contribution in [3.05, 3.63) is 78.9 Å². The highest BCUT2D eigenvalue weighted by Gasteiger charge is 2.41. The number of halogens is 1. The van der Waals surface area contributed by atoms with Gasteiger partial charge in [0, 0.05) is 23.1 Å². The van der Waals surface area contributed by atoms with E-state index in [1.807, 2.05) is 0 Å². The zero-order valence-electron chi connectivity index (χ0n) is 15.1. The number of phenols is 1. The van der Waals surface area contributed by atoms with E-state index in [4.69, 9.17) is 11.6 Å². The Hall–Kier alpha value is -3.79. The normalized spacial score (nSPS) is 20.1. The number of rotatable bonds is 4. The number of allylic oxidation sites excluding steroid dienone is 2. The van der Waals surface area contributed by atoms with Gasteiger partial charge in [-0.05, 0) is 41.3 Å². The number of phenolic OH excluding ortho intramolecular Hbond substituents is 1. The van der Waals surface area contributed by atoms with Gasteiger partial charge < -0.3 is 5.11 Å². The summed E-state index contributed by atoms with van der Waals surface area (Å²) in [5.74, 6) is -2.19. The van der Waals surface area contributed by atoms with Crippen molar-refractivity contribution in [2.24, 2.45) is 11.0 Å². The van der Waals surface area contributed by atoms with Crippen molar-refractivity contribution in [1.82, 2.24) is 5.43 Å². The van der Waals surface area contributed by atoms with Gasteiger partial charge in [-0.3, -0.25) is 25.0 Å². The molecule has 2 unspecified atom stereocenters. The Morgan fingerprint density at radius 3 is 2.27 bits per heavy atom. The molecule has 2 N–H and O–H groups in total. The third-order valence-electron chi connectivity index (χ3n) is 5.19. The molecule has 0 radical (unpaired) electrons. The van der Waals surface area contributed by atoms with Crippen LogP contribution in [0.2, 0.25) is 5.02 Å². The van der Waals surface area contributed by atoms with Gasteiger partial charge in [0.05, 0.1) is 21.5 Å². The Morgan fingerprint density at radius 1 is 1.10 bits per heavy atom. The molecule has 1 aliphatic carbocycles. The Labute approximate surface area is 173 Å². The van der Waals surface area contributed by atoms with Crippen LogP contribution in [0.15, 0.2) is 47.6 Å². The predicted molar refractivity (Wildman–Crippen MR) is 107 cm³/mol. The number of hydrazone groups is 1. The number of amides is 1. The number of nitro benzene ring substituents is 2. The van der Waals surface area contributed by atoms with Crippen molar-refractivity contribution in [3.8, 4) is 5.75 Å². The smallest absolute Gasteiger partial charge is 0.318 e. The van der Waals surface area contributed by atoms with Gasteiger partial charge in [-0.2, -0.15) is 5.10 Å². The largest absolute Gasteiger partial charge is 0.497 e. The molecule has 10 nitrogen and oxygen atoms in total. The zero-order chi connectivity index (χ0) is 21.6. The summed E-state index contributed by atoms with van der Waals surface area (Å²) in [6.07, 6.45) is 1.87. The van der Waals surface area contributed by atoms with Crippen LogP contribution in [0, 0.1) is 26.1 Å². The summed E-state index contributed by atoms with van der Waals surface area (Å²) in [6, 6.07) is 9.10. The van der Waals surface area contributed by atoms with Gasteiger partial charge in [0.1, 0.15) is 0 Å². The molecule has 152 valence electrons. The average Bonchev–Trinajstić information content (AvgIpc) is 3.08. The quantitative estimate of drug-likeness (QED) is 0.562. The minimum Gasteiger partial charge on any atom is -0.497 e. The van der Waals surface area contributed by atoms with Crippen molar-refractivity contribution in [2.45, 2.75) is 12.3 Å². The molecule has 0 bridgehead atoms. The lowest BCUT2D eigenvalue weighted by molar-refractivity contribution is -0.396. The van der Waals surface area contributed by atoms with Crippen molar-refractivity contribution < 1.29 is 19.7 Å². The van der Waals surface area contributed by atoms with Crippen molar-refractivity contribution in [1.29, 1.82) is 0 Å². The Kier molecular flexibility index (Phi) is 4.70. The van der Waals surface area contributed by atoms with Crippen LogP contribution < -0.4 is 5.43 Å². The summed E-state index contributed by atoms with van der Waals surface area (Å²) in [5.41, 5.74) is 2.85. The van der Waals surface area contributed by atoms with E-state index in [-0.39, 0.29) is 23.8 Å². The number of benzene rings is 2. The molecule has 0 fully saturated rings. The van der Waals surface area contributed by atoms with Crippen LogP contribution in [0.4, 0.5) is 11.4 Å². The molecule has 0 aromatic heterocycles. The van der Waals surface area contributed by atoms with Gasteiger partial charge in [-0.1, -0.05) is 23.7 Å². The maximum absolute atomic E-state index is 12.3. The summed E-state index contributed by atoms with van der Waals surface area (Å²) in [5, 5.41) is 37.0. The number of nitrogens with one attached hydrogen (secondary N) is 1. The van der Waals surface area contributed by atoms with E-state index in [0.717, 1.165) is 17.7 Å². The minimum absolute atomic E-state index is 0.200. The van der Waals surface area contributed by atoms with Crippen LogP contribution in [-0.2, 0) is 4.79 Å². The highest BCUT2D eigenvalue weighted by molar-refractivity contribution is 6.30. The second-order valence-corrected chi connectivity index (χ2v) is 7.34. The summed E-state index contributed by atoms with van der Waals surface area (Å²) in [6.45, 7) is 0. The molecule has 2 aromatic carbocycles. The highest BCUT2D eigenvalue weighted by atomic mass is 35.5. The Morgan fingerprint density at radius 2 is 1.70 bits per heavy atom.